The van der Waals surface area contributed by atoms with Gasteiger partial charge in [0.05, 0.1) is 11.5 Å². The molecule has 25 heavy (non-hydrogen) atoms. The molecule has 7 nitrogen and oxygen atoms in total. The summed E-state index contributed by atoms with van der Waals surface area (Å²) in [5.41, 5.74) is 0.901. The molecular formula is C17H25N3O4S. The SMILES string of the molecule is CN(C)CCCNC(=O)c1ccc(C(=O)NC2CCS(=O)(=O)C2)cc1. The van der Waals surface area contributed by atoms with Crippen molar-refractivity contribution < 1.29 is 18.0 Å². The lowest BCUT2D eigenvalue weighted by Crippen LogP contribution is -2.35. The maximum absolute atomic E-state index is 12.2. The summed E-state index contributed by atoms with van der Waals surface area (Å²) in [7, 11) is 0.929. The lowest BCUT2D eigenvalue weighted by atomic mass is 10.1. The Hall–Kier alpha value is -1.93. The highest BCUT2D eigenvalue weighted by Gasteiger charge is 2.29. The van der Waals surface area contributed by atoms with E-state index in [2.05, 4.69) is 15.5 Å². The van der Waals surface area contributed by atoms with E-state index in [1.165, 1.54) is 0 Å². The molecule has 1 atom stereocenters. The van der Waals surface area contributed by atoms with Crippen LogP contribution in [0.25, 0.3) is 0 Å². The number of benzene rings is 1. The molecule has 1 fully saturated rings. The van der Waals surface area contributed by atoms with Gasteiger partial charge >= 0.3 is 0 Å². The monoisotopic (exact) mass is 367 g/mol. The van der Waals surface area contributed by atoms with Crippen molar-refractivity contribution in [2.24, 2.45) is 0 Å². The minimum Gasteiger partial charge on any atom is -0.352 e. The van der Waals surface area contributed by atoms with Crippen molar-refractivity contribution in [2.75, 3.05) is 38.7 Å². The van der Waals surface area contributed by atoms with Crippen LogP contribution in [-0.2, 0) is 9.84 Å². The van der Waals surface area contributed by atoms with Gasteiger partial charge in [-0.3, -0.25) is 9.59 Å². The molecule has 1 aliphatic rings. The summed E-state index contributed by atoms with van der Waals surface area (Å²) < 4.78 is 22.9. The second-order valence-corrected chi connectivity index (χ2v) is 8.79. The molecule has 2 N–H and O–H groups in total. The van der Waals surface area contributed by atoms with Crippen molar-refractivity contribution in [3.8, 4) is 0 Å². The first kappa shape index (κ1) is 19.4. The highest BCUT2D eigenvalue weighted by Crippen LogP contribution is 2.12. The van der Waals surface area contributed by atoms with Gasteiger partial charge in [-0.1, -0.05) is 0 Å². The zero-order valence-corrected chi connectivity index (χ0v) is 15.4. The van der Waals surface area contributed by atoms with Gasteiger partial charge in [0.1, 0.15) is 0 Å². The van der Waals surface area contributed by atoms with Crippen molar-refractivity contribution in [2.45, 2.75) is 18.9 Å². The van der Waals surface area contributed by atoms with E-state index in [1.807, 2.05) is 14.1 Å². The molecule has 1 aromatic carbocycles. The van der Waals surface area contributed by atoms with Crippen molar-refractivity contribution in [1.82, 2.24) is 15.5 Å². The maximum atomic E-state index is 12.2. The van der Waals surface area contributed by atoms with E-state index in [4.69, 9.17) is 0 Å². The normalized spacial score (nSPS) is 18.9. The molecule has 8 heteroatoms. The average Bonchev–Trinajstić information content (AvgIpc) is 2.90. The van der Waals surface area contributed by atoms with Gasteiger partial charge in [0, 0.05) is 23.7 Å². The molecule has 1 aliphatic heterocycles. The molecule has 138 valence electrons. The number of nitrogens with zero attached hydrogens (tertiary/aromatic N) is 1. The third kappa shape index (κ3) is 6.13. The van der Waals surface area contributed by atoms with Crippen LogP contribution in [-0.4, -0.2) is 69.9 Å². The minimum absolute atomic E-state index is 0.00776. The Morgan fingerprint density at radius 3 is 2.24 bits per heavy atom. The van der Waals surface area contributed by atoms with Gasteiger partial charge in [-0.2, -0.15) is 0 Å². The zero-order valence-electron chi connectivity index (χ0n) is 14.6. The number of carbonyl (C=O) groups excluding carboxylic acids is 2. The fourth-order valence-electron chi connectivity index (χ4n) is 2.65. The fraction of sp³-hybridized carbons (Fsp3) is 0.529. The van der Waals surface area contributed by atoms with Gasteiger partial charge in [0.25, 0.3) is 11.8 Å². The van der Waals surface area contributed by atoms with Crippen LogP contribution in [0, 0.1) is 0 Å². The largest absolute Gasteiger partial charge is 0.352 e. The summed E-state index contributed by atoms with van der Waals surface area (Å²) in [4.78, 5) is 26.2. The average molecular weight is 367 g/mol. The third-order valence-electron chi connectivity index (χ3n) is 4.04. The predicted octanol–water partition coefficient (Wildman–Crippen LogP) is 0.285. The summed E-state index contributed by atoms with van der Waals surface area (Å²) in [5, 5.41) is 5.57. The molecule has 1 saturated heterocycles. The molecule has 0 aromatic heterocycles. The quantitative estimate of drug-likeness (QED) is 0.675. The number of hydrogen-bond donors (Lipinski definition) is 2. The number of hydrogen-bond acceptors (Lipinski definition) is 5. The van der Waals surface area contributed by atoms with E-state index in [-0.39, 0.29) is 29.4 Å². The minimum atomic E-state index is -3.03. The molecule has 1 unspecified atom stereocenters. The van der Waals surface area contributed by atoms with E-state index >= 15 is 0 Å². The Balaban J connectivity index is 1.84. The Kier molecular flexibility index (Phi) is 6.55. The molecule has 1 aromatic rings. The summed E-state index contributed by atoms with van der Waals surface area (Å²) in [5.74, 6) is -0.385. The number of nitrogens with one attached hydrogen (secondary N) is 2. The first-order chi connectivity index (χ1) is 11.8. The summed E-state index contributed by atoms with van der Waals surface area (Å²) in [6.07, 6.45) is 1.31. The molecular weight excluding hydrogens is 342 g/mol. The van der Waals surface area contributed by atoms with E-state index in [9.17, 15) is 18.0 Å². The standard InChI is InChI=1S/C17H25N3O4S/c1-20(2)10-3-9-18-16(21)13-4-6-14(7-5-13)17(22)19-15-8-11-25(23,24)12-15/h4-7,15H,3,8-12H2,1-2H3,(H,18,21)(H,19,22). The predicted molar refractivity (Wildman–Crippen MR) is 96.5 cm³/mol. The Morgan fingerprint density at radius 2 is 1.72 bits per heavy atom. The van der Waals surface area contributed by atoms with E-state index < -0.39 is 9.84 Å². The smallest absolute Gasteiger partial charge is 0.251 e. The van der Waals surface area contributed by atoms with Gasteiger partial charge in [-0.25, -0.2) is 8.42 Å². The van der Waals surface area contributed by atoms with Crippen LogP contribution in [0.3, 0.4) is 0 Å². The van der Waals surface area contributed by atoms with Crippen LogP contribution < -0.4 is 10.6 Å². The molecule has 0 radical (unpaired) electrons. The van der Waals surface area contributed by atoms with Crippen molar-refractivity contribution in [3.05, 3.63) is 35.4 Å². The zero-order chi connectivity index (χ0) is 18.4. The van der Waals surface area contributed by atoms with Gasteiger partial charge < -0.3 is 15.5 Å². The second kappa shape index (κ2) is 8.44. The summed E-state index contributed by atoms with van der Waals surface area (Å²) >= 11 is 0. The third-order valence-corrected chi connectivity index (χ3v) is 5.81. The van der Waals surface area contributed by atoms with E-state index in [0.29, 0.717) is 24.1 Å². The van der Waals surface area contributed by atoms with Crippen molar-refractivity contribution in [1.29, 1.82) is 0 Å². The molecule has 0 spiro atoms. The number of sulfone groups is 1. The molecule has 2 amide bonds. The molecule has 0 bridgehead atoms. The van der Waals surface area contributed by atoms with Crippen LogP contribution in [0.15, 0.2) is 24.3 Å². The first-order valence-electron chi connectivity index (χ1n) is 8.31. The first-order valence-corrected chi connectivity index (χ1v) is 10.1. The van der Waals surface area contributed by atoms with Crippen LogP contribution in [0.2, 0.25) is 0 Å². The van der Waals surface area contributed by atoms with Gasteiger partial charge in [0.15, 0.2) is 9.84 Å². The van der Waals surface area contributed by atoms with E-state index in [0.717, 1.165) is 13.0 Å². The summed E-state index contributed by atoms with van der Waals surface area (Å²) in [6.45, 7) is 1.49. The number of amides is 2. The molecule has 0 saturated carbocycles. The van der Waals surface area contributed by atoms with E-state index in [1.54, 1.807) is 24.3 Å². The Morgan fingerprint density at radius 1 is 1.12 bits per heavy atom. The van der Waals surface area contributed by atoms with Crippen molar-refractivity contribution in [3.63, 3.8) is 0 Å². The van der Waals surface area contributed by atoms with Crippen LogP contribution in [0.1, 0.15) is 33.6 Å². The Labute approximate surface area is 148 Å². The van der Waals surface area contributed by atoms with Crippen LogP contribution >= 0.6 is 0 Å². The van der Waals surface area contributed by atoms with Crippen molar-refractivity contribution >= 4 is 21.7 Å². The van der Waals surface area contributed by atoms with Crippen LogP contribution in [0.5, 0.6) is 0 Å². The maximum Gasteiger partial charge on any atom is 0.251 e. The molecule has 2 rings (SSSR count). The van der Waals surface area contributed by atoms with Gasteiger partial charge in [-0.05, 0) is 57.7 Å². The Bertz CT molecular complexity index is 714. The molecule has 0 aliphatic carbocycles. The fourth-order valence-corrected chi connectivity index (χ4v) is 4.32. The second-order valence-electron chi connectivity index (χ2n) is 6.56. The molecule has 1 heterocycles. The van der Waals surface area contributed by atoms with Gasteiger partial charge in [-0.15, -0.1) is 0 Å². The highest BCUT2D eigenvalue weighted by atomic mass is 32.2. The number of rotatable bonds is 7. The van der Waals surface area contributed by atoms with Crippen LogP contribution in [0.4, 0.5) is 0 Å². The summed E-state index contributed by atoms with van der Waals surface area (Å²) in [6, 6.07) is 6.02. The highest BCUT2D eigenvalue weighted by molar-refractivity contribution is 7.91. The lowest BCUT2D eigenvalue weighted by Gasteiger charge is -2.11. The number of carbonyl (C=O) groups is 2. The topological polar surface area (TPSA) is 95.6 Å². The lowest BCUT2D eigenvalue weighted by molar-refractivity contribution is 0.0933. The van der Waals surface area contributed by atoms with Gasteiger partial charge in [0.2, 0.25) is 0 Å².